The van der Waals surface area contributed by atoms with Crippen molar-refractivity contribution in [1.29, 1.82) is 0 Å². The van der Waals surface area contributed by atoms with Crippen LogP contribution in [-0.2, 0) is 10.0 Å². The van der Waals surface area contributed by atoms with Crippen LogP contribution in [0.2, 0.25) is 0 Å². The molecule has 2 aromatic carbocycles. The molecule has 1 atom stereocenters. The molecular weight excluding hydrogens is 380 g/mol. The second-order valence-electron chi connectivity index (χ2n) is 6.22. The number of nitrogens with one attached hydrogen (secondary N) is 2. The number of benzene rings is 2. The van der Waals surface area contributed by atoms with Gasteiger partial charge < -0.3 is 14.8 Å². The van der Waals surface area contributed by atoms with Crippen LogP contribution in [0.1, 0.15) is 42.7 Å². The van der Waals surface area contributed by atoms with Crippen molar-refractivity contribution in [3.63, 3.8) is 0 Å². The highest BCUT2D eigenvalue weighted by molar-refractivity contribution is 7.92. The molecule has 1 amide bonds. The van der Waals surface area contributed by atoms with E-state index in [2.05, 4.69) is 10.0 Å². The van der Waals surface area contributed by atoms with Crippen molar-refractivity contribution in [2.24, 2.45) is 0 Å². The van der Waals surface area contributed by atoms with E-state index in [1.807, 2.05) is 39.0 Å². The Morgan fingerprint density at radius 1 is 1.00 bits per heavy atom. The molecule has 0 fully saturated rings. The average molecular weight is 407 g/mol. The van der Waals surface area contributed by atoms with E-state index in [1.165, 1.54) is 0 Å². The number of hydrogen-bond acceptors (Lipinski definition) is 5. The minimum Gasteiger partial charge on any atom is -0.490 e. The van der Waals surface area contributed by atoms with Gasteiger partial charge in [-0.3, -0.25) is 9.52 Å². The number of amides is 1. The number of anilines is 1. The number of ether oxygens (including phenoxy) is 2. The fraction of sp³-hybridized carbons (Fsp3) is 0.350. The minimum atomic E-state index is -3.35. The summed E-state index contributed by atoms with van der Waals surface area (Å²) in [6, 6.07) is 11.6. The molecule has 0 saturated heterocycles. The molecular formula is C20H26N2O5S. The fourth-order valence-electron chi connectivity index (χ4n) is 2.60. The first kappa shape index (κ1) is 21.6. The molecule has 2 rings (SSSR count). The van der Waals surface area contributed by atoms with Crippen molar-refractivity contribution in [2.45, 2.75) is 26.8 Å². The monoisotopic (exact) mass is 406 g/mol. The number of rotatable bonds is 9. The van der Waals surface area contributed by atoms with E-state index in [-0.39, 0.29) is 11.9 Å². The van der Waals surface area contributed by atoms with E-state index >= 15 is 0 Å². The predicted molar refractivity (Wildman–Crippen MR) is 110 cm³/mol. The summed E-state index contributed by atoms with van der Waals surface area (Å²) in [5, 5.41) is 2.93. The maximum absolute atomic E-state index is 12.5. The first-order valence-electron chi connectivity index (χ1n) is 9.01. The number of carbonyl (C=O) groups excluding carboxylic acids is 1. The van der Waals surface area contributed by atoms with Gasteiger partial charge in [0.25, 0.3) is 5.91 Å². The summed E-state index contributed by atoms with van der Waals surface area (Å²) < 4.78 is 36.1. The van der Waals surface area contributed by atoms with Crippen LogP contribution in [0.4, 0.5) is 5.69 Å². The van der Waals surface area contributed by atoms with Gasteiger partial charge >= 0.3 is 0 Å². The van der Waals surface area contributed by atoms with Crippen molar-refractivity contribution in [2.75, 3.05) is 24.2 Å². The van der Waals surface area contributed by atoms with Crippen LogP contribution in [0.5, 0.6) is 11.5 Å². The lowest BCUT2D eigenvalue weighted by molar-refractivity contribution is 0.0940. The molecule has 2 N–H and O–H groups in total. The van der Waals surface area contributed by atoms with E-state index in [4.69, 9.17) is 9.47 Å². The van der Waals surface area contributed by atoms with Crippen LogP contribution in [0, 0.1) is 0 Å². The van der Waals surface area contributed by atoms with Crippen LogP contribution in [-0.4, -0.2) is 33.8 Å². The molecule has 0 saturated carbocycles. The van der Waals surface area contributed by atoms with Gasteiger partial charge in [0, 0.05) is 11.3 Å². The van der Waals surface area contributed by atoms with Crippen molar-refractivity contribution in [1.82, 2.24) is 5.32 Å². The summed E-state index contributed by atoms with van der Waals surface area (Å²) in [5.41, 5.74) is 1.72. The Labute approximate surface area is 166 Å². The van der Waals surface area contributed by atoms with Gasteiger partial charge in [-0.2, -0.15) is 0 Å². The van der Waals surface area contributed by atoms with Crippen molar-refractivity contribution >= 4 is 21.6 Å². The average Bonchev–Trinajstić information content (AvgIpc) is 2.62. The van der Waals surface area contributed by atoms with Crippen LogP contribution in [0.15, 0.2) is 42.5 Å². The normalized spacial score (nSPS) is 12.1. The van der Waals surface area contributed by atoms with Crippen molar-refractivity contribution in [3.8, 4) is 11.5 Å². The first-order chi connectivity index (χ1) is 13.2. The molecule has 152 valence electrons. The Balaban J connectivity index is 2.10. The minimum absolute atomic E-state index is 0.254. The Morgan fingerprint density at radius 2 is 1.61 bits per heavy atom. The van der Waals surface area contributed by atoms with E-state index in [0.717, 1.165) is 11.8 Å². The lowest BCUT2D eigenvalue weighted by atomic mass is 10.1. The summed E-state index contributed by atoms with van der Waals surface area (Å²) in [4.78, 5) is 12.5. The van der Waals surface area contributed by atoms with Gasteiger partial charge in [0.05, 0.1) is 25.5 Å². The van der Waals surface area contributed by atoms with Gasteiger partial charge in [-0.05, 0) is 62.7 Å². The topological polar surface area (TPSA) is 93.7 Å². The lowest BCUT2D eigenvalue weighted by Crippen LogP contribution is -2.26. The zero-order valence-electron chi connectivity index (χ0n) is 16.5. The molecule has 0 spiro atoms. The molecule has 8 heteroatoms. The highest BCUT2D eigenvalue weighted by Gasteiger charge is 2.14. The Morgan fingerprint density at radius 3 is 2.18 bits per heavy atom. The lowest BCUT2D eigenvalue weighted by Gasteiger charge is -2.17. The number of sulfonamides is 1. The van der Waals surface area contributed by atoms with Gasteiger partial charge in [0.2, 0.25) is 10.0 Å². The van der Waals surface area contributed by atoms with Crippen LogP contribution >= 0.6 is 0 Å². The first-order valence-corrected chi connectivity index (χ1v) is 10.9. The Bertz CT molecular complexity index is 911. The van der Waals surface area contributed by atoms with Gasteiger partial charge in [-0.25, -0.2) is 8.42 Å². The maximum Gasteiger partial charge on any atom is 0.251 e. The third kappa shape index (κ3) is 6.16. The zero-order valence-corrected chi connectivity index (χ0v) is 17.3. The highest BCUT2D eigenvalue weighted by atomic mass is 32.2. The maximum atomic E-state index is 12.5. The number of carbonyl (C=O) groups is 1. The molecule has 2 aromatic rings. The smallest absolute Gasteiger partial charge is 0.251 e. The van der Waals surface area contributed by atoms with Crippen LogP contribution in [0.25, 0.3) is 0 Å². The standard InChI is InChI=1S/C20H26N2O5S/c1-5-26-18-12-9-16(13-19(18)27-6-2)14(3)21-20(23)15-7-10-17(11-8-15)22-28(4,24)25/h7-14,22H,5-6H2,1-4H3,(H,21,23). The van der Waals surface area contributed by atoms with Crippen LogP contribution in [0.3, 0.4) is 0 Å². The molecule has 0 heterocycles. The Hall–Kier alpha value is -2.74. The Kier molecular flexibility index (Phi) is 7.28. The molecule has 0 aliphatic heterocycles. The molecule has 0 bridgehead atoms. The van der Waals surface area contributed by atoms with Gasteiger partial charge in [0.1, 0.15) is 0 Å². The summed E-state index contributed by atoms with van der Waals surface area (Å²) in [5.74, 6) is 1.05. The molecule has 1 unspecified atom stereocenters. The van der Waals surface area contributed by atoms with Gasteiger partial charge in [-0.1, -0.05) is 6.07 Å². The van der Waals surface area contributed by atoms with Crippen LogP contribution < -0.4 is 19.5 Å². The fourth-order valence-corrected chi connectivity index (χ4v) is 3.17. The third-order valence-electron chi connectivity index (χ3n) is 3.87. The molecule has 0 radical (unpaired) electrons. The summed E-state index contributed by atoms with van der Waals surface area (Å²) in [6.07, 6.45) is 1.07. The summed E-state index contributed by atoms with van der Waals surface area (Å²) in [7, 11) is -3.35. The van der Waals surface area contributed by atoms with E-state index in [1.54, 1.807) is 24.3 Å². The largest absolute Gasteiger partial charge is 0.490 e. The molecule has 7 nitrogen and oxygen atoms in total. The number of hydrogen-bond donors (Lipinski definition) is 2. The molecule has 0 aliphatic carbocycles. The predicted octanol–water partition coefficient (Wildman–Crippen LogP) is 3.35. The second-order valence-corrected chi connectivity index (χ2v) is 7.97. The summed E-state index contributed by atoms with van der Waals surface area (Å²) >= 11 is 0. The SMILES string of the molecule is CCOc1ccc(C(C)NC(=O)c2ccc(NS(C)(=O)=O)cc2)cc1OCC. The molecule has 28 heavy (non-hydrogen) atoms. The molecule has 0 aromatic heterocycles. The van der Waals surface area contributed by atoms with E-state index in [0.29, 0.717) is 36.0 Å². The third-order valence-corrected chi connectivity index (χ3v) is 4.47. The second kappa shape index (κ2) is 9.45. The van der Waals surface area contributed by atoms with Gasteiger partial charge in [0.15, 0.2) is 11.5 Å². The van der Waals surface area contributed by atoms with Crippen molar-refractivity contribution < 1.29 is 22.7 Å². The van der Waals surface area contributed by atoms with Gasteiger partial charge in [-0.15, -0.1) is 0 Å². The quantitative estimate of drug-likeness (QED) is 0.666. The summed E-state index contributed by atoms with van der Waals surface area (Å²) in [6.45, 7) is 6.73. The molecule has 0 aliphatic rings. The van der Waals surface area contributed by atoms with E-state index in [9.17, 15) is 13.2 Å². The highest BCUT2D eigenvalue weighted by Crippen LogP contribution is 2.30. The van der Waals surface area contributed by atoms with E-state index < -0.39 is 10.0 Å². The van der Waals surface area contributed by atoms with Crippen molar-refractivity contribution in [3.05, 3.63) is 53.6 Å². The zero-order chi connectivity index (χ0) is 20.7.